The molecule has 1 amide bonds. The lowest BCUT2D eigenvalue weighted by molar-refractivity contribution is -0.151. The summed E-state index contributed by atoms with van der Waals surface area (Å²) in [4.78, 5) is 28.4. The lowest BCUT2D eigenvalue weighted by Crippen LogP contribution is -2.43. The second-order valence-corrected chi connectivity index (χ2v) is 7.52. The highest BCUT2D eigenvalue weighted by Crippen LogP contribution is 2.30. The van der Waals surface area contributed by atoms with Crippen molar-refractivity contribution < 1.29 is 14.7 Å². The van der Waals surface area contributed by atoms with Crippen molar-refractivity contribution in [2.24, 2.45) is 0 Å². The molecular formula is C19H21NO3S. The van der Waals surface area contributed by atoms with Gasteiger partial charge in [0.2, 0.25) is 5.91 Å². The van der Waals surface area contributed by atoms with Gasteiger partial charge in [-0.1, -0.05) is 24.3 Å². The molecule has 1 atom stereocenters. The summed E-state index contributed by atoms with van der Waals surface area (Å²) in [5.41, 5.74) is 1.78. The Morgan fingerprint density at radius 1 is 1.25 bits per heavy atom. The van der Waals surface area contributed by atoms with E-state index in [1.165, 1.54) is 14.7 Å². The summed E-state index contributed by atoms with van der Waals surface area (Å²) in [6.45, 7) is 2.55. The first kappa shape index (κ1) is 16.7. The van der Waals surface area contributed by atoms with Crippen LogP contribution in [0.1, 0.15) is 39.8 Å². The minimum absolute atomic E-state index is 0.0646. The van der Waals surface area contributed by atoms with Gasteiger partial charge in [-0.3, -0.25) is 4.79 Å². The molecule has 4 nitrogen and oxygen atoms in total. The number of carboxylic acids is 1. The molecule has 1 aromatic heterocycles. The van der Waals surface area contributed by atoms with Crippen LogP contribution in [-0.2, 0) is 22.4 Å². The van der Waals surface area contributed by atoms with E-state index in [9.17, 15) is 14.7 Å². The Kier molecular flexibility index (Phi) is 5.00. The number of aryl methyl sites for hydroxylation is 2. The van der Waals surface area contributed by atoms with E-state index < -0.39 is 12.0 Å². The van der Waals surface area contributed by atoms with Crippen LogP contribution in [0.4, 0.5) is 0 Å². The standard InChI is InChI=1S/C19H21NO3S/c1-13-9-10-15(24-13)6-4-8-17(21)20-12-11-14-5-2-3-7-16(14)18(20)19(22)23/h2-3,5,7,9-10,18H,4,6,8,11-12H2,1H3,(H,22,23). The Balaban J connectivity index is 1.66. The Bertz CT molecular complexity index is 753. The Hall–Kier alpha value is -2.14. The van der Waals surface area contributed by atoms with Gasteiger partial charge in [0.1, 0.15) is 0 Å². The minimum atomic E-state index is -0.954. The molecule has 0 aliphatic carbocycles. The van der Waals surface area contributed by atoms with Gasteiger partial charge in [-0.05, 0) is 49.4 Å². The van der Waals surface area contributed by atoms with Gasteiger partial charge in [-0.2, -0.15) is 0 Å². The van der Waals surface area contributed by atoms with Gasteiger partial charge >= 0.3 is 5.97 Å². The van der Waals surface area contributed by atoms with Gasteiger partial charge in [-0.15, -0.1) is 11.3 Å². The number of hydrogen-bond donors (Lipinski definition) is 1. The maximum atomic E-state index is 12.6. The van der Waals surface area contributed by atoms with Gasteiger partial charge in [0.15, 0.2) is 6.04 Å². The van der Waals surface area contributed by atoms with E-state index in [1.54, 1.807) is 11.3 Å². The molecule has 2 heterocycles. The number of carbonyl (C=O) groups is 2. The molecule has 0 radical (unpaired) electrons. The van der Waals surface area contributed by atoms with Crippen LogP contribution in [0.5, 0.6) is 0 Å². The average Bonchev–Trinajstić information content (AvgIpc) is 2.98. The first-order valence-electron chi connectivity index (χ1n) is 8.21. The average molecular weight is 343 g/mol. The number of benzene rings is 1. The molecule has 1 unspecified atom stereocenters. The summed E-state index contributed by atoms with van der Waals surface area (Å²) in [5, 5.41) is 9.62. The molecule has 0 fully saturated rings. The van der Waals surface area contributed by atoms with E-state index in [-0.39, 0.29) is 5.91 Å². The van der Waals surface area contributed by atoms with E-state index in [0.717, 1.165) is 30.4 Å². The Morgan fingerprint density at radius 3 is 2.75 bits per heavy atom. The third-order valence-electron chi connectivity index (χ3n) is 4.45. The number of amides is 1. The highest BCUT2D eigenvalue weighted by atomic mass is 32.1. The first-order chi connectivity index (χ1) is 11.6. The van der Waals surface area contributed by atoms with E-state index >= 15 is 0 Å². The van der Waals surface area contributed by atoms with Gasteiger partial charge in [0, 0.05) is 22.7 Å². The summed E-state index contributed by atoms with van der Waals surface area (Å²) < 4.78 is 0. The zero-order chi connectivity index (χ0) is 17.1. The van der Waals surface area contributed by atoms with E-state index in [2.05, 4.69) is 19.1 Å². The quantitative estimate of drug-likeness (QED) is 0.902. The number of rotatable bonds is 5. The number of fused-ring (bicyclic) bond motifs is 1. The molecule has 0 spiro atoms. The van der Waals surface area contributed by atoms with Crippen LogP contribution < -0.4 is 0 Å². The number of aliphatic carboxylic acids is 1. The van der Waals surface area contributed by atoms with Crippen molar-refractivity contribution in [3.63, 3.8) is 0 Å². The topological polar surface area (TPSA) is 57.6 Å². The molecule has 0 saturated heterocycles. The number of carboxylic acid groups (broad SMARTS) is 1. The fourth-order valence-electron chi connectivity index (χ4n) is 3.28. The molecule has 0 saturated carbocycles. The zero-order valence-electron chi connectivity index (χ0n) is 13.7. The smallest absolute Gasteiger partial charge is 0.331 e. The van der Waals surface area contributed by atoms with Crippen LogP contribution in [0.15, 0.2) is 36.4 Å². The third kappa shape index (κ3) is 3.51. The largest absolute Gasteiger partial charge is 0.479 e. The van der Waals surface area contributed by atoms with Crippen molar-refractivity contribution in [2.75, 3.05) is 6.54 Å². The summed E-state index contributed by atoms with van der Waals surface area (Å²) >= 11 is 1.75. The lowest BCUT2D eigenvalue weighted by Gasteiger charge is -2.34. The van der Waals surface area contributed by atoms with E-state index in [0.29, 0.717) is 13.0 Å². The van der Waals surface area contributed by atoms with Crippen LogP contribution in [0, 0.1) is 6.92 Å². The normalized spacial score (nSPS) is 16.7. The van der Waals surface area contributed by atoms with Crippen molar-refractivity contribution in [3.05, 3.63) is 57.3 Å². The molecule has 0 bridgehead atoms. The maximum Gasteiger partial charge on any atom is 0.331 e. The number of thiophene rings is 1. The Labute approximate surface area is 145 Å². The van der Waals surface area contributed by atoms with Crippen molar-refractivity contribution >= 4 is 23.2 Å². The van der Waals surface area contributed by atoms with Crippen molar-refractivity contribution in [2.45, 2.75) is 38.6 Å². The van der Waals surface area contributed by atoms with Crippen molar-refractivity contribution in [1.82, 2.24) is 4.90 Å². The first-order valence-corrected chi connectivity index (χ1v) is 9.03. The highest BCUT2D eigenvalue weighted by molar-refractivity contribution is 7.11. The fourth-order valence-corrected chi connectivity index (χ4v) is 4.21. The van der Waals surface area contributed by atoms with Crippen molar-refractivity contribution in [1.29, 1.82) is 0 Å². The molecule has 1 aromatic carbocycles. The second kappa shape index (κ2) is 7.18. The van der Waals surface area contributed by atoms with Crippen LogP contribution in [-0.4, -0.2) is 28.4 Å². The lowest BCUT2D eigenvalue weighted by atomic mass is 9.92. The van der Waals surface area contributed by atoms with E-state index in [1.807, 2.05) is 24.3 Å². The van der Waals surface area contributed by atoms with Crippen LogP contribution in [0.25, 0.3) is 0 Å². The predicted octanol–water partition coefficient (Wildman–Crippen LogP) is 3.59. The molecular weight excluding hydrogens is 322 g/mol. The summed E-state index contributed by atoms with van der Waals surface area (Å²) in [6, 6.07) is 10.9. The third-order valence-corrected chi connectivity index (χ3v) is 5.51. The molecule has 1 aliphatic heterocycles. The van der Waals surface area contributed by atoms with Crippen LogP contribution >= 0.6 is 11.3 Å². The number of nitrogens with zero attached hydrogens (tertiary/aromatic N) is 1. The zero-order valence-corrected chi connectivity index (χ0v) is 14.5. The minimum Gasteiger partial charge on any atom is -0.479 e. The van der Waals surface area contributed by atoms with E-state index in [4.69, 9.17) is 0 Å². The molecule has 24 heavy (non-hydrogen) atoms. The second-order valence-electron chi connectivity index (χ2n) is 6.14. The summed E-state index contributed by atoms with van der Waals surface area (Å²) in [6.07, 6.45) is 2.73. The van der Waals surface area contributed by atoms with Gasteiger partial charge in [-0.25, -0.2) is 4.79 Å². The monoisotopic (exact) mass is 343 g/mol. The molecule has 1 aliphatic rings. The summed E-state index contributed by atoms with van der Waals surface area (Å²) in [5.74, 6) is -1.02. The summed E-state index contributed by atoms with van der Waals surface area (Å²) in [7, 11) is 0. The molecule has 126 valence electrons. The predicted molar refractivity (Wildman–Crippen MR) is 94.2 cm³/mol. The number of carbonyl (C=O) groups excluding carboxylic acids is 1. The van der Waals surface area contributed by atoms with Crippen LogP contribution in [0.3, 0.4) is 0 Å². The maximum absolute atomic E-state index is 12.6. The highest BCUT2D eigenvalue weighted by Gasteiger charge is 2.35. The molecule has 2 aromatic rings. The van der Waals surface area contributed by atoms with Crippen LogP contribution in [0.2, 0.25) is 0 Å². The molecule has 1 N–H and O–H groups in total. The SMILES string of the molecule is Cc1ccc(CCCC(=O)N2CCc3ccccc3C2C(=O)O)s1. The fraction of sp³-hybridized carbons (Fsp3) is 0.368. The molecule has 3 rings (SSSR count). The van der Waals surface area contributed by atoms with Gasteiger partial charge in [0.25, 0.3) is 0 Å². The number of hydrogen-bond acceptors (Lipinski definition) is 3. The van der Waals surface area contributed by atoms with Gasteiger partial charge in [0.05, 0.1) is 0 Å². The van der Waals surface area contributed by atoms with Crippen molar-refractivity contribution in [3.8, 4) is 0 Å². The Morgan fingerprint density at radius 2 is 2.04 bits per heavy atom. The van der Waals surface area contributed by atoms with Gasteiger partial charge < -0.3 is 10.0 Å². The molecule has 5 heteroatoms.